The van der Waals surface area contributed by atoms with E-state index in [9.17, 15) is 18.0 Å². The summed E-state index contributed by atoms with van der Waals surface area (Å²) in [5.74, 6) is -0.698. The van der Waals surface area contributed by atoms with Crippen molar-refractivity contribution in [3.8, 4) is 0 Å². The fourth-order valence-corrected chi connectivity index (χ4v) is 5.83. The van der Waals surface area contributed by atoms with Crippen LogP contribution < -0.4 is 10.7 Å². The van der Waals surface area contributed by atoms with E-state index in [1.165, 1.54) is 22.2 Å². The van der Waals surface area contributed by atoms with Gasteiger partial charge in [-0.25, -0.2) is 18.2 Å². The summed E-state index contributed by atoms with van der Waals surface area (Å²) in [5, 5.41) is 0.736. The van der Waals surface area contributed by atoms with Gasteiger partial charge in [0.15, 0.2) is 20.6 Å². The van der Waals surface area contributed by atoms with Crippen LogP contribution >= 0.6 is 11.3 Å². The molecule has 4 aromatic rings. The SMILES string of the molecule is CS(=O)(=O)c1cccc2sc(N3CCN(C(=O)Cn4c(=O)oc5ccccc54)CC3)nc12. The van der Waals surface area contributed by atoms with Gasteiger partial charge in [0, 0.05) is 32.4 Å². The zero-order valence-corrected chi connectivity index (χ0v) is 18.9. The minimum absolute atomic E-state index is 0.0747. The van der Waals surface area contributed by atoms with Gasteiger partial charge in [0.2, 0.25) is 5.91 Å². The molecular formula is C21H20N4O5S2. The maximum atomic E-state index is 12.8. The van der Waals surface area contributed by atoms with Crippen LogP contribution in [-0.2, 0) is 21.2 Å². The number of rotatable bonds is 4. The Labute approximate surface area is 187 Å². The lowest BCUT2D eigenvalue weighted by Crippen LogP contribution is -2.50. The zero-order valence-electron chi connectivity index (χ0n) is 17.2. The van der Waals surface area contributed by atoms with Gasteiger partial charge in [0.05, 0.1) is 15.1 Å². The number of fused-ring (bicyclic) bond motifs is 2. The van der Waals surface area contributed by atoms with Crippen molar-refractivity contribution in [2.75, 3.05) is 37.3 Å². The topological polar surface area (TPSA) is 106 Å². The molecule has 0 saturated carbocycles. The number of carbonyl (C=O) groups is 1. The van der Waals surface area contributed by atoms with Gasteiger partial charge in [-0.3, -0.25) is 9.36 Å². The fourth-order valence-electron chi connectivity index (χ4n) is 3.89. The van der Waals surface area contributed by atoms with E-state index in [-0.39, 0.29) is 17.3 Å². The lowest BCUT2D eigenvalue weighted by atomic mass is 10.3. The van der Waals surface area contributed by atoms with Crippen LogP contribution in [0.2, 0.25) is 0 Å². The number of hydrogen-bond acceptors (Lipinski definition) is 8. The Morgan fingerprint density at radius 2 is 1.84 bits per heavy atom. The number of aromatic nitrogens is 2. The van der Waals surface area contributed by atoms with Gasteiger partial charge < -0.3 is 14.2 Å². The molecule has 2 aromatic heterocycles. The summed E-state index contributed by atoms with van der Waals surface area (Å²) < 4.78 is 31.5. The van der Waals surface area contributed by atoms with Crippen molar-refractivity contribution in [3.05, 3.63) is 53.0 Å². The number of para-hydroxylation sites is 3. The van der Waals surface area contributed by atoms with Crippen LogP contribution in [0.25, 0.3) is 21.3 Å². The van der Waals surface area contributed by atoms with E-state index in [4.69, 9.17) is 4.42 Å². The molecule has 0 aliphatic carbocycles. The van der Waals surface area contributed by atoms with Crippen LogP contribution in [0.15, 0.2) is 56.6 Å². The quantitative estimate of drug-likeness (QED) is 0.447. The number of thiazole rings is 1. The number of anilines is 1. The van der Waals surface area contributed by atoms with E-state index >= 15 is 0 Å². The van der Waals surface area contributed by atoms with Gasteiger partial charge in [-0.1, -0.05) is 29.5 Å². The highest BCUT2D eigenvalue weighted by molar-refractivity contribution is 7.91. The Balaban J connectivity index is 1.30. The minimum atomic E-state index is -3.37. The van der Waals surface area contributed by atoms with Gasteiger partial charge in [0.25, 0.3) is 0 Å². The molecule has 0 unspecified atom stereocenters. The molecule has 2 aromatic carbocycles. The molecule has 0 N–H and O–H groups in total. The predicted octanol–water partition coefficient (Wildman–Crippen LogP) is 1.96. The van der Waals surface area contributed by atoms with Crippen molar-refractivity contribution in [3.63, 3.8) is 0 Å². The molecule has 0 bridgehead atoms. The Bertz CT molecular complexity index is 1490. The van der Waals surface area contributed by atoms with Crippen LogP contribution in [0.4, 0.5) is 5.13 Å². The third-order valence-electron chi connectivity index (χ3n) is 5.54. The normalized spacial score (nSPS) is 15.0. The van der Waals surface area contributed by atoms with Crippen molar-refractivity contribution in [1.29, 1.82) is 0 Å². The molecule has 1 aliphatic rings. The highest BCUT2D eigenvalue weighted by atomic mass is 32.2. The van der Waals surface area contributed by atoms with Crippen LogP contribution in [0.5, 0.6) is 0 Å². The second-order valence-corrected chi connectivity index (χ2v) is 10.7. The second-order valence-electron chi connectivity index (χ2n) is 7.66. The molecule has 9 nitrogen and oxygen atoms in total. The largest absolute Gasteiger partial charge is 0.420 e. The third-order valence-corrected chi connectivity index (χ3v) is 7.75. The number of oxazole rings is 1. The summed E-state index contributed by atoms with van der Waals surface area (Å²) in [7, 11) is -3.37. The molecule has 1 saturated heterocycles. The fraction of sp³-hybridized carbons (Fsp3) is 0.286. The maximum absolute atomic E-state index is 12.8. The lowest BCUT2D eigenvalue weighted by molar-refractivity contribution is -0.132. The first kappa shape index (κ1) is 20.7. The molecular weight excluding hydrogens is 452 g/mol. The minimum Gasteiger partial charge on any atom is -0.408 e. The molecule has 1 amide bonds. The zero-order chi connectivity index (χ0) is 22.5. The first-order valence-electron chi connectivity index (χ1n) is 10.0. The van der Waals surface area contributed by atoms with E-state index in [0.717, 1.165) is 9.83 Å². The molecule has 11 heteroatoms. The molecule has 166 valence electrons. The first-order valence-corrected chi connectivity index (χ1v) is 12.7. The average molecular weight is 473 g/mol. The van der Waals surface area contributed by atoms with E-state index < -0.39 is 15.6 Å². The molecule has 0 radical (unpaired) electrons. The highest BCUT2D eigenvalue weighted by Gasteiger charge is 2.25. The number of piperazine rings is 1. The van der Waals surface area contributed by atoms with Crippen molar-refractivity contribution >= 4 is 53.5 Å². The number of sulfone groups is 1. The molecule has 5 rings (SSSR count). The van der Waals surface area contributed by atoms with Gasteiger partial charge >= 0.3 is 5.76 Å². The summed E-state index contributed by atoms with van der Waals surface area (Å²) in [6.45, 7) is 2.03. The van der Waals surface area contributed by atoms with E-state index in [0.29, 0.717) is 42.8 Å². The van der Waals surface area contributed by atoms with Crippen molar-refractivity contribution in [2.45, 2.75) is 11.4 Å². The number of nitrogens with zero attached hydrogens (tertiary/aromatic N) is 4. The summed E-state index contributed by atoms with van der Waals surface area (Å²) >= 11 is 1.44. The number of amides is 1. The third kappa shape index (κ3) is 3.67. The molecule has 32 heavy (non-hydrogen) atoms. The smallest absolute Gasteiger partial charge is 0.408 e. The van der Waals surface area contributed by atoms with Gasteiger partial charge in [-0.2, -0.15) is 0 Å². The maximum Gasteiger partial charge on any atom is 0.420 e. The van der Waals surface area contributed by atoms with Crippen LogP contribution in [0, 0.1) is 0 Å². The second kappa shape index (κ2) is 7.75. The van der Waals surface area contributed by atoms with Crippen LogP contribution in [0.3, 0.4) is 0 Å². The Hall–Kier alpha value is -3.18. The predicted molar refractivity (Wildman–Crippen MR) is 122 cm³/mol. The summed E-state index contributed by atoms with van der Waals surface area (Å²) in [6, 6.07) is 12.2. The van der Waals surface area contributed by atoms with Crippen LogP contribution in [-0.4, -0.2) is 61.2 Å². The molecule has 1 fully saturated rings. The Morgan fingerprint density at radius 1 is 1.09 bits per heavy atom. The summed E-state index contributed by atoms with van der Waals surface area (Å²) in [6.07, 6.45) is 1.18. The van der Waals surface area contributed by atoms with Gasteiger partial charge in [-0.15, -0.1) is 0 Å². The molecule has 1 aliphatic heterocycles. The van der Waals surface area contributed by atoms with Crippen molar-refractivity contribution in [2.24, 2.45) is 0 Å². The molecule has 0 spiro atoms. The lowest BCUT2D eigenvalue weighted by Gasteiger charge is -2.34. The Kier molecular flexibility index (Phi) is 5.01. The summed E-state index contributed by atoms with van der Waals surface area (Å²) in [4.78, 5) is 33.6. The van der Waals surface area contributed by atoms with E-state index in [1.807, 2.05) is 6.07 Å². The van der Waals surface area contributed by atoms with Gasteiger partial charge in [0.1, 0.15) is 12.1 Å². The van der Waals surface area contributed by atoms with Gasteiger partial charge in [-0.05, 0) is 24.3 Å². The van der Waals surface area contributed by atoms with Crippen molar-refractivity contribution in [1.82, 2.24) is 14.5 Å². The molecule has 0 atom stereocenters. The summed E-state index contributed by atoms with van der Waals surface area (Å²) in [5.41, 5.74) is 1.54. The number of carbonyl (C=O) groups excluding carboxylic acids is 1. The number of benzene rings is 2. The standard InChI is InChI=1S/C21H20N4O5S2/c1-32(28,29)17-8-4-7-16-19(17)22-20(31-16)24-11-9-23(10-12-24)18(26)13-25-14-5-2-3-6-15(14)30-21(25)27/h2-8H,9-13H2,1H3. The highest BCUT2D eigenvalue weighted by Crippen LogP contribution is 2.33. The van der Waals surface area contributed by atoms with E-state index in [1.54, 1.807) is 41.3 Å². The first-order chi connectivity index (χ1) is 15.3. The number of hydrogen-bond donors (Lipinski definition) is 0. The van der Waals surface area contributed by atoms with Crippen molar-refractivity contribution < 1.29 is 17.6 Å². The average Bonchev–Trinajstić information content (AvgIpc) is 3.34. The monoisotopic (exact) mass is 472 g/mol. The van der Waals surface area contributed by atoms with E-state index in [2.05, 4.69) is 9.88 Å². The van der Waals surface area contributed by atoms with Crippen LogP contribution in [0.1, 0.15) is 0 Å². The Morgan fingerprint density at radius 3 is 2.59 bits per heavy atom. The molecule has 3 heterocycles.